The third-order valence-electron chi connectivity index (χ3n) is 6.35. The predicted molar refractivity (Wildman–Crippen MR) is 157 cm³/mol. The zero-order chi connectivity index (χ0) is 25.4. The Morgan fingerprint density at radius 3 is 2.43 bits per heavy atom. The molecular formula is C28H34Cl2N2O3S2. The van der Waals surface area contributed by atoms with Crippen molar-refractivity contribution >= 4 is 51.5 Å². The van der Waals surface area contributed by atoms with Crippen LogP contribution in [-0.2, 0) is 16.6 Å². The van der Waals surface area contributed by atoms with Crippen LogP contribution in [-0.4, -0.2) is 45.8 Å². The van der Waals surface area contributed by atoms with Crippen LogP contribution in [0, 0.1) is 0 Å². The van der Waals surface area contributed by atoms with Gasteiger partial charge in [-0.1, -0.05) is 42.3 Å². The average molecular weight is 582 g/mol. The van der Waals surface area contributed by atoms with E-state index < -0.39 is 10.0 Å². The number of para-hydroxylation sites is 1. The van der Waals surface area contributed by atoms with Crippen LogP contribution < -0.4 is 9.04 Å². The Hall–Kier alpha value is -1.90. The predicted octanol–water partition coefficient (Wildman–Crippen LogP) is 7.13. The number of rotatable bonds is 11. The smallest absolute Gasteiger partial charge is 0.264 e. The first kappa shape index (κ1) is 29.7. The molecular weight excluding hydrogens is 547 g/mol. The standard InChI is InChI=1S/C28H33ClN2O3S2.ClH/c1-35-26-11-7-10-25(21-26)31(36(32,33)27-15-13-24(29)14-16-27)22-23-9-3-4-12-28(23)34-20-8-19-30-17-5-2-6-18-30;/h3-4,7,9-16,21H,2,5-6,8,17-20,22H2,1H3;1H. The van der Waals surface area contributed by atoms with E-state index in [0.717, 1.165) is 23.4 Å². The molecule has 0 N–H and O–H groups in total. The molecule has 1 aliphatic rings. The SMILES string of the molecule is CSc1cccc(N(Cc2ccccc2OCCCN2CCCCC2)S(=O)(=O)c2ccc(Cl)cc2)c1.Cl. The fraction of sp³-hybridized carbons (Fsp3) is 0.357. The number of nitrogens with zero attached hydrogens (tertiary/aromatic N) is 2. The van der Waals surface area contributed by atoms with Gasteiger partial charge in [-0.3, -0.25) is 4.31 Å². The number of ether oxygens (including phenoxy) is 1. The maximum Gasteiger partial charge on any atom is 0.264 e. The van der Waals surface area contributed by atoms with Crippen LogP contribution in [0.4, 0.5) is 5.69 Å². The van der Waals surface area contributed by atoms with Crippen molar-refractivity contribution in [1.29, 1.82) is 0 Å². The highest BCUT2D eigenvalue weighted by Crippen LogP contribution is 2.31. The number of anilines is 1. The van der Waals surface area contributed by atoms with Gasteiger partial charge in [0.2, 0.25) is 0 Å². The lowest BCUT2D eigenvalue weighted by Crippen LogP contribution is -2.31. The highest BCUT2D eigenvalue weighted by molar-refractivity contribution is 7.98. The number of benzene rings is 3. The zero-order valence-electron chi connectivity index (χ0n) is 21.0. The number of thioether (sulfide) groups is 1. The average Bonchev–Trinajstić information content (AvgIpc) is 2.91. The normalized spacial score (nSPS) is 14.1. The summed E-state index contributed by atoms with van der Waals surface area (Å²) in [6.07, 6.45) is 6.80. The minimum absolute atomic E-state index is 0. The molecule has 5 nitrogen and oxygen atoms in total. The quantitative estimate of drug-likeness (QED) is 0.178. The van der Waals surface area contributed by atoms with E-state index >= 15 is 0 Å². The highest BCUT2D eigenvalue weighted by atomic mass is 35.5. The van der Waals surface area contributed by atoms with Gasteiger partial charge in [0.05, 0.1) is 23.7 Å². The Balaban J connectivity index is 0.00000380. The summed E-state index contributed by atoms with van der Waals surface area (Å²) in [7, 11) is -3.85. The van der Waals surface area contributed by atoms with E-state index in [-0.39, 0.29) is 23.8 Å². The van der Waals surface area contributed by atoms with Crippen molar-refractivity contribution in [2.75, 3.05) is 36.8 Å². The van der Waals surface area contributed by atoms with Crippen molar-refractivity contribution in [2.24, 2.45) is 0 Å². The summed E-state index contributed by atoms with van der Waals surface area (Å²) in [5.74, 6) is 0.716. The first-order valence-corrected chi connectivity index (χ1v) is 15.4. The Labute approximate surface area is 236 Å². The van der Waals surface area contributed by atoms with Gasteiger partial charge >= 0.3 is 0 Å². The van der Waals surface area contributed by atoms with E-state index in [2.05, 4.69) is 4.90 Å². The second kappa shape index (κ2) is 14.3. The Bertz CT molecular complexity index is 1230. The number of halogens is 2. The van der Waals surface area contributed by atoms with Crippen LogP contribution in [0.2, 0.25) is 5.02 Å². The molecule has 0 unspecified atom stereocenters. The summed E-state index contributed by atoms with van der Waals surface area (Å²) in [5.41, 5.74) is 1.43. The molecule has 3 aromatic carbocycles. The summed E-state index contributed by atoms with van der Waals surface area (Å²) >= 11 is 7.60. The molecule has 0 saturated carbocycles. The zero-order valence-corrected chi connectivity index (χ0v) is 24.2. The number of hydrogen-bond acceptors (Lipinski definition) is 5. The topological polar surface area (TPSA) is 49.9 Å². The van der Waals surface area contributed by atoms with E-state index in [4.69, 9.17) is 16.3 Å². The molecule has 1 aliphatic heterocycles. The Morgan fingerprint density at radius 1 is 0.973 bits per heavy atom. The minimum atomic E-state index is -3.85. The third kappa shape index (κ3) is 8.04. The first-order valence-electron chi connectivity index (χ1n) is 12.3. The fourth-order valence-corrected chi connectivity index (χ4v) is 6.41. The molecule has 0 atom stereocenters. The van der Waals surface area contributed by atoms with E-state index in [9.17, 15) is 8.42 Å². The summed E-state index contributed by atoms with van der Waals surface area (Å²) in [6, 6.07) is 21.6. The molecule has 0 spiro atoms. The molecule has 1 heterocycles. The van der Waals surface area contributed by atoms with Crippen molar-refractivity contribution in [3.63, 3.8) is 0 Å². The van der Waals surface area contributed by atoms with Gasteiger partial charge in [0.1, 0.15) is 5.75 Å². The molecule has 1 saturated heterocycles. The largest absolute Gasteiger partial charge is 0.493 e. The highest BCUT2D eigenvalue weighted by Gasteiger charge is 2.26. The van der Waals surface area contributed by atoms with Gasteiger partial charge < -0.3 is 9.64 Å². The summed E-state index contributed by atoms with van der Waals surface area (Å²) < 4.78 is 35.3. The fourth-order valence-electron chi connectivity index (χ4n) is 4.40. The van der Waals surface area contributed by atoms with Crippen LogP contribution in [0.5, 0.6) is 5.75 Å². The monoisotopic (exact) mass is 580 g/mol. The van der Waals surface area contributed by atoms with Gasteiger partial charge in [-0.05, 0) is 87.1 Å². The molecule has 0 bridgehead atoms. The molecule has 0 radical (unpaired) electrons. The number of hydrogen-bond donors (Lipinski definition) is 0. The molecule has 1 fully saturated rings. The summed E-state index contributed by atoms with van der Waals surface area (Å²) in [6.45, 7) is 4.12. The van der Waals surface area contributed by atoms with E-state index in [1.807, 2.05) is 54.8 Å². The van der Waals surface area contributed by atoms with E-state index in [0.29, 0.717) is 23.1 Å². The Morgan fingerprint density at radius 2 is 1.70 bits per heavy atom. The van der Waals surface area contributed by atoms with Gasteiger partial charge in [-0.25, -0.2) is 8.42 Å². The number of likely N-dealkylation sites (tertiary alicyclic amines) is 1. The summed E-state index contributed by atoms with van der Waals surface area (Å²) in [5, 5.41) is 0.494. The first-order chi connectivity index (χ1) is 17.5. The molecule has 9 heteroatoms. The van der Waals surface area contributed by atoms with Crippen molar-refractivity contribution < 1.29 is 13.2 Å². The number of piperidine rings is 1. The van der Waals surface area contributed by atoms with Gasteiger partial charge in [0.15, 0.2) is 0 Å². The second-order valence-corrected chi connectivity index (χ2v) is 12.1. The van der Waals surface area contributed by atoms with Crippen molar-refractivity contribution in [3.05, 3.63) is 83.4 Å². The number of sulfonamides is 1. The lowest BCUT2D eigenvalue weighted by molar-refractivity contribution is 0.204. The van der Waals surface area contributed by atoms with Crippen LogP contribution in [0.1, 0.15) is 31.2 Å². The van der Waals surface area contributed by atoms with Crippen LogP contribution in [0.15, 0.2) is 82.6 Å². The van der Waals surface area contributed by atoms with Crippen LogP contribution in [0.3, 0.4) is 0 Å². The molecule has 0 amide bonds. The molecule has 200 valence electrons. The van der Waals surface area contributed by atoms with Gasteiger partial charge in [0.25, 0.3) is 10.0 Å². The minimum Gasteiger partial charge on any atom is -0.493 e. The molecule has 37 heavy (non-hydrogen) atoms. The van der Waals surface area contributed by atoms with E-state index in [1.54, 1.807) is 36.0 Å². The molecule has 0 aliphatic carbocycles. The lowest BCUT2D eigenvalue weighted by atomic mass is 10.1. The van der Waals surface area contributed by atoms with Crippen molar-refractivity contribution in [3.8, 4) is 5.75 Å². The van der Waals surface area contributed by atoms with Crippen molar-refractivity contribution in [1.82, 2.24) is 4.90 Å². The molecule has 0 aromatic heterocycles. The van der Waals surface area contributed by atoms with Gasteiger partial charge in [-0.15, -0.1) is 24.2 Å². The maximum atomic E-state index is 13.8. The molecule has 3 aromatic rings. The van der Waals surface area contributed by atoms with Gasteiger partial charge in [-0.2, -0.15) is 0 Å². The van der Waals surface area contributed by atoms with E-state index in [1.165, 1.54) is 36.7 Å². The second-order valence-electron chi connectivity index (χ2n) is 8.88. The third-order valence-corrected chi connectivity index (χ3v) is 9.12. The molecule has 4 rings (SSSR count). The van der Waals surface area contributed by atoms with Crippen LogP contribution >= 0.6 is 35.8 Å². The van der Waals surface area contributed by atoms with Gasteiger partial charge in [0, 0.05) is 22.0 Å². The van der Waals surface area contributed by atoms with Crippen LogP contribution in [0.25, 0.3) is 0 Å². The lowest BCUT2D eigenvalue weighted by Gasteiger charge is -2.27. The summed E-state index contributed by atoms with van der Waals surface area (Å²) in [4.78, 5) is 3.69. The Kier molecular flexibility index (Phi) is 11.5. The maximum absolute atomic E-state index is 13.8. The van der Waals surface area contributed by atoms with Crippen molar-refractivity contribution in [2.45, 2.75) is 42.0 Å².